The zero-order valence-corrected chi connectivity index (χ0v) is 11.7. The predicted molar refractivity (Wildman–Crippen MR) is 74.6 cm³/mol. The minimum absolute atomic E-state index is 0.464. The van der Waals surface area contributed by atoms with Gasteiger partial charge >= 0.3 is 0 Å². The fourth-order valence-corrected chi connectivity index (χ4v) is 2.09. The number of benzene rings is 1. The maximum absolute atomic E-state index is 5.51. The molecule has 2 rings (SSSR count). The SMILES string of the molecule is CCOc1ccc(NC(C)C2(C)CC2)cc1OC. The van der Waals surface area contributed by atoms with E-state index in [1.807, 2.05) is 19.1 Å². The number of anilines is 1. The van der Waals surface area contributed by atoms with Gasteiger partial charge in [0, 0.05) is 17.8 Å². The number of rotatable bonds is 6. The molecule has 1 aromatic carbocycles. The molecule has 1 aromatic rings. The van der Waals surface area contributed by atoms with E-state index in [2.05, 4.69) is 25.2 Å². The quantitative estimate of drug-likeness (QED) is 0.834. The minimum atomic E-state index is 0.464. The number of hydrogen-bond acceptors (Lipinski definition) is 3. The van der Waals surface area contributed by atoms with Crippen LogP contribution in [0.15, 0.2) is 18.2 Å². The first-order valence-corrected chi connectivity index (χ1v) is 6.66. The average Bonchev–Trinajstić information content (AvgIpc) is 3.11. The summed E-state index contributed by atoms with van der Waals surface area (Å²) >= 11 is 0. The first-order chi connectivity index (χ1) is 8.59. The Morgan fingerprint density at radius 3 is 2.61 bits per heavy atom. The molecule has 0 aliphatic heterocycles. The zero-order valence-electron chi connectivity index (χ0n) is 11.7. The van der Waals surface area contributed by atoms with Crippen molar-refractivity contribution in [1.82, 2.24) is 0 Å². The van der Waals surface area contributed by atoms with E-state index in [-0.39, 0.29) is 0 Å². The van der Waals surface area contributed by atoms with Crippen molar-refractivity contribution < 1.29 is 9.47 Å². The Balaban J connectivity index is 2.09. The molecule has 18 heavy (non-hydrogen) atoms. The van der Waals surface area contributed by atoms with Crippen molar-refractivity contribution in [3.8, 4) is 11.5 Å². The van der Waals surface area contributed by atoms with Crippen LogP contribution in [0.5, 0.6) is 11.5 Å². The van der Waals surface area contributed by atoms with Gasteiger partial charge < -0.3 is 14.8 Å². The number of nitrogens with one attached hydrogen (secondary N) is 1. The molecular weight excluding hydrogens is 226 g/mol. The lowest BCUT2D eigenvalue weighted by Gasteiger charge is -2.22. The highest BCUT2D eigenvalue weighted by Gasteiger charge is 2.42. The normalized spacial score (nSPS) is 18.0. The molecule has 1 saturated carbocycles. The van der Waals surface area contributed by atoms with Gasteiger partial charge in [0.05, 0.1) is 13.7 Å². The molecule has 1 unspecified atom stereocenters. The van der Waals surface area contributed by atoms with E-state index in [4.69, 9.17) is 9.47 Å². The monoisotopic (exact) mass is 249 g/mol. The molecule has 0 amide bonds. The summed E-state index contributed by atoms with van der Waals surface area (Å²) in [6.45, 7) is 7.20. The molecule has 3 heteroatoms. The standard InChI is InChI=1S/C15H23NO2/c1-5-18-13-7-6-12(10-14(13)17-4)16-11(2)15(3)8-9-15/h6-7,10-11,16H,5,8-9H2,1-4H3. The minimum Gasteiger partial charge on any atom is -0.493 e. The second-order valence-corrected chi connectivity index (χ2v) is 5.32. The van der Waals surface area contributed by atoms with Crippen molar-refractivity contribution in [3.05, 3.63) is 18.2 Å². The third-order valence-electron chi connectivity index (χ3n) is 3.93. The molecule has 0 radical (unpaired) electrons. The Kier molecular flexibility index (Phi) is 3.69. The van der Waals surface area contributed by atoms with Gasteiger partial charge in [-0.2, -0.15) is 0 Å². The van der Waals surface area contributed by atoms with E-state index in [0.717, 1.165) is 17.2 Å². The van der Waals surface area contributed by atoms with E-state index in [9.17, 15) is 0 Å². The van der Waals surface area contributed by atoms with Gasteiger partial charge in [-0.25, -0.2) is 0 Å². The molecule has 100 valence electrons. The second-order valence-electron chi connectivity index (χ2n) is 5.32. The largest absolute Gasteiger partial charge is 0.493 e. The molecule has 0 saturated heterocycles. The second kappa shape index (κ2) is 5.09. The molecule has 1 N–H and O–H groups in total. The van der Waals surface area contributed by atoms with E-state index in [0.29, 0.717) is 18.1 Å². The summed E-state index contributed by atoms with van der Waals surface area (Å²) in [5.74, 6) is 1.59. The summed E-state index contributed by atoms with van der Waals surface area (Å²) < 4.78 is 10.9. The van der Waals surface area contributed by atoms with Gasteiger partial charge in [0.2, 0.25) is 0 Å². The molecule has 1 fully saturated rings. The smallest absolute Gasteiger partial charge is 0.162 e. The summed E-state index contributed by atoms with van der Waals surface area (Å²) in [7, 11) is 1.67. The van der Waals surface area contributed by atoms with Gasteiger partial charge in [0.1, 0.15) is 0 Å². The van der Waals surface area contributed by atoms with Crippen LogP contribution in [0.25, 0.3) is 0 Å². The van der Waals surface area contributed by atoms with Crippen LogP contribution in [0.3, 0.4) is 0 Å². The molecule has 3 nitrogen and oxygen atoms in total. The Labute approximate surface area is 109 Å². The van der Waals surface area contributed by atoms with Crippen LogP contribution in [0.1, 0.15) is 33.6 Å². The molecule has 0 spiro atoms. The molecular formula is C15H23NO2. The number of methoxy groups -OCH3 is 1. The Bertz CT molecular complexity index is 413. The molecule has 1 aliphatic rings. The highest BCUT2D eigenvalue weighted by molar-refractivity contribution is 5.55. The lowest BCUT2D eigenvalue weighted by Crippen LogP contribution is -2.24. The summed E-state index contributed by atoms with van der Waals surface area (Å²) in [6.07, 6.45) is 2.63. The van der Waals surface area contributed by atoms with E-state index < -0.39 is 0 Å². The Hall–Kier alpha value is -1.38. The van der Waals surface area contributed by atoms with Gasteiger partial charge in [0.25, 0.3) is 0 Å². The van der Waals surface area contributed by atoms with Crippen LogP contribution in [0.4, 0.5) is 5.69 Å². The fourth-order valence-electron chi connectivity index (χ4n) is 2.09. The van der Waals surface area contributed by atoms with Crippen molar-refractivity contribution in [3.63, 3.8) is 0 Å². The fraction of sp³-hybridized carbons (Fsp3) is 0.600. The van der Waals surface area contributed by atoms with Gasteiger partial charge in [-0.15, -0.1) is 0 Å². The van der Waals surface area contributed by atoms with Crippen LogP contribution in [-0.4, -0.2) is 19.8 Å². The van der Waals surface area contributed by atoms with Crippen LogP contribution in [0.2, 0.25) is 0 Å². The van der Waals surface area contributed by atoms with E-state index in [1.54, 1.807) is 7.11 Å². The third kappa shape index (κ3) is 2.71. The maximum Gasteiger partial charge on any atom is 0.162 e. The van der Waals surface area contributed by atoms with Crippen LogP contribution < -0.4 is 14.8 Å². The number of hydrogen-bond donors (Lipinski definition) is 1. The summed E-state index contributed by atoms with van der Waals surface area (Å²) in [5, 5.41) is 3.55. The van der Waals surface area contributed by atoms with Crippen LogP contribution >= 0.6 is 0 Å². The third-order valence-corrected chi connectivity index (χ3v) is 3.93. The lowest BCUT2D eigenvalue weighted by atomic mass is 10.0. The maximum atomic E-state index is 5.51. The Morgan fingerprint density at radius 2 is 2.06 bits per heavy atom. The lowest BCUT2D eigenvalue weighted by molar-refractivity contribution is 0.311. The summed E-state index contributed by atoms with van der Waals surface area (Å²) in [4.78, 5) is 0. The van der Waals surface area contributed by atoms with E-state index in [1.165, 1.54) is 12.8 Å². The zero-order chi connectivity index (χ0) is 13.2. The van der Waals surface area contributed by atoms with Crippen molar-refractivity contribution in [1.29, 1.82) is 0 Å². The summed E-state index contributed by atoms with van der Waals surface area (Å²) in [6, 6.07) is 6.51. The molecule has 1 atom stereocenters. The van der Waals surface area contributed by atoms with Crippen LogP contribution in [-0.2, 0) is 0 Å². The predicted octanol–water partition coefficient (Wildman–Crippen LogP) is 3.69. The number of ether oxygens (including phenoxy) is 2. The molecule has 0 bridgehead atoms. The molecule has 0 aromatic heterocycles. The first kappa shape index (κ1) is 13.1. The van der Waals surface area contributed by atoms with Crippen molar-refractivity contribution >= 4 is 5.69 Å². The highest BCUT2D eigenvalue weighted by Crippen LogP contribution is 2.49. The molecule has 1 aliphatic carbocycles. The topological polar surface area (TPSA) is 30.5 Å². The van der Waals surface area contributed by atoms with Gasteiger partial charge in [-0.3, -0.25) is 0 Å². The van der Waals surface area contributed by atoms with Crippen molar-refractivity contribution in [2.75, 3.05) is 19.0 Å². The van der Waals surface area contributed by atoms with Crippen molar-refractivity contribution in [2.24, 2.45) is 5.41 Å². The molecule has 0 heterocycles. The van der Waals surface area contributed by atoms with Crippen molar-refractivity contribution in [2.45, 2.75) is 39.7 Å². The van der Waals surface area contributed by atoms with Gasteiger partial charge in [0.15, 0.2) is 11.5 Å². The van der Waals surface area contributed by atoms with E-state index >= 15 is 0 Å². The highest BCUT2D eigenvalue weighted by atomic mass is 16.5. The van der Waals surface area contributed by atoms with Crippen LogP contribution in [0, 0.1) is 5.41 Å². The van der Waals surface area contributed by atoms with Gasteiger partial charge in [-0.1, -0.05) is 6.92 Å². The average molecular weight is 249 g/mol. The Morgan fingerprint density at radius 1 is 1.33 bits per heavy atom. The summed E-state index contributed by atoms with van der Waals surface area (Å²) in [5.41, 5.74) is 1.56. The van der Waals surface area contributed by atoms with Gasteiger partial charge in [-0.05, 0) is 44.2 Å². The first-order valence-electron chi connectivity index (χ1n) is 6.66.